The smallest absolute Gasteiger partial charge is 0.242 e. The maximum Gasteiger partial charge on any atom is 0.242 e. The Morgan fingerprint density at radius 3 is 2.75 bits per heavy atom. The first-order chi connectivity index (χ1) is 9.52. The predicted octanol–water partition coefficient (Wildman–Crippen LogP) is 1.45. The lowest BCUT2D eigenvalue weighted by atomic mass is 10.2. The molecule has 1 aromatic rings. The van der Waals surface area contributed by atoms with Crippen LogP contribution in [0.1, 0.15) is 18.9 Å². The highest BCUT2D eigenvalue weighted by Crippen LogP contribution is 2.16. The van der Waals surface area contributed by atoms with E-state index in [2.05, 4.69) is 5.32 Å². The van der Waals surface area contributed by atoms with E-state index < -0.39 is 10.0 Å². The Kier molecular flexibility index (Phi) is 7.15. The van der Waals surface area contributed by atoms with E-state index in [4.69, 9.17) is 4.74 Å². The van der Waals surface area contributed by atoms with Crippen molar-refractivity contribution in [2.24, 2.45) is 0 Å². The number of ether oxygens (including phenoxy) is 1. The second kappa shape index (κ2) is 8.36. The monoisotopic (exact) mass is 300 g/mol. The predicted molar refractivity (Wildman–Crippen MR) is 80.1 cm³/mol. The molecule has 5 nitrogen and oxygen atoms in total. The van der Waals surface area contributed by atoms with Crippen molar-refractivity contribution >= 4 is 10.0 Å². The first-order valence-corrected chi connectivity index (χ1v) is 8.21. The Balaban J connectivity index is 2.80. The number of nitrogens with one attached hydrogen (secondary N) is 1. The van der Waals surface area contributed by atoms with Gasteiger partial charge >= 0.3 is 0 Å². The van der Waals surface area contributed by atoms with Gasteiger partial charge in [0, 0.05) is 33.9 Å². The van der Waals surface area contributed by atoms with E-state index in [-0.39, 0.29) is 0 Å². The zero-order chi connectivity index (χ0) is 15.0. The van der Waals surface area contributed by atoms with Crippen LogP contribution in [0.15, 0.2) is 29.2 Å². The minimum Gasteiger partial charge on any atom is -0.385 e. The van der Waals surface area contributed by atoms with Crippen molar-refractivity contribution in [2.45, 2.75) is 24.8 Å². The SMILES string of the molecule is CCNCc1cccc(S(=O)(=O)N(C)CCCOC)c1. The lowest BCUT2D eigenvalue weighted by Crippen LogP contribution is -2.28. The van der Waals surface area contributed by atoms with Crippen LogP contribution in [0.5, 0.6) is 0 Å². The fraction of sp³-hybridized carbons (Fsp3) is 0.571. The molecular formula is C14H24N2O3S. The molecule has 1 N–H and O–H groups in total. The van der Waals surface area contributed by atoms with Crippen molar-refractivity contribution in [3.05, 3.63) is 29.8 Å². The Morgan fingerprint density at radius 1 is 1.35 bits per heavy atom. The van der Waals surface area contributed by atoms with Crippen LogP contribution in [0.2, 0.25) is 0 Å². The molecule has 0 fully saturated rings. The van der Waals surface area contributed by atoms with Gasteiger partial charge in [-0.15, -0.1) is 0 Å². The molecule has 0 spiro atoms. The largest absolute Gasteiger partial charge is 0.385 e. The highest BCUT2D eigenvalue weighted by atomic mass is 32.2. The van der Waals surface area contributed by atoms with Crippen molar-refractivity contribution in [3.63, 3.8) is 0 Å². The van der Waals surface area contributed by atoms with Gasteiger partial charge in [0.1, 0.15) is 0 Å². The molecule has 0 heterocycles. The van der Waals surface area contributed by atoms with E-state index in [0.717, 1.165) is 12.1 Å². The fourth-order valence-corrected chi connectivity index (χ4v) is 3.10. The van der Waals surface area contributed by atoms with Gasteiger partial charge in [0.05, 0.1) is 4.90 Å². The third-order valence-corrected chi connectivity index (χ3v) is 4.86. The number of benzene rings is 1. The van der Waals surface area contributed by atoms with Gasteiger partial charge in [-0.2, -0.15) is 0 Å². The van der Waals surface area contributed by atoms with Gasteiger partial charge in [0.15, 0.2) is 0 Å². The number of hydrogen-bond donors (Lipinski definition) is 1. The summed E-state index contributed by atoms with van der Waals surface area (Å²) in [5, 5.41) is 3.19. The summed E-state index contributed by atoms with van der Waals surface area (Å²) in [6.45, 7) is 4.55. The second-order valence-corrected chi connectivity index (χ2v) is 6.65. The molecule has 0 bridgehead atoms. The number of hydrogen-bond acceptors (Lipinski definition) is 4. The van der Waals surface area contributed by atoms with Gasteiger partial charge in [0.2, 0.25) is 10.0 Å². The third kappa shape index (κ3) is 4.86. The Labute approximate surface area is 122 Å². The summed E-state index contributed by atoms with van der Waals surface area (Å²) >= 11 is 0. The molecule has 1 rings (SSSR count). The zero-order valence-electron chi connectivity index (χ0n) is 12.4. The van der Waals surface area contributed by atoms with Crippen LogP contribution < -0.4 is 5.32 Å². The number of sulfonamides is 1. The molecule has 0 atom stereocenters. The molecule has 0 aromatic heterocycles. The zero-order valence-corrected chi connectivity index (χ0v) is 13.2. The van der Waals surface area contributed by atoms with Crippen molar-refractivity contribution in [3.8, 4) is 0 Å². The third-order valence-electron chi connectivity index (χ3n) is 3.01. The summed E-state index contributed by atoms with van der Waals surface area (Å²) in [6, 6.07) is 7.07. The Bertz CT molecular complexity index is 503. The van der Waals surface area contributed by atoms with E-state index >= 15 is 0 Å². The van der Waals surface area contributed by atoms with Crippen LogP contribution in [0.3, 0.4) is 0 Å². The van der Waals surface area contributed by atoms with Gasteiger partial charge in [-0.1, -0.05) is 19.1 Å². The first-order valence-electron chi connectivity index (χ1n) is 6.77. The molecule has 0 saturated carbocycles. The van der Waals surface area contributed by atoms with Gasteiger partial charge in [-0.3, -0.25) is 0 Å². The van der Waals surface area contributed by atoms with Crippen LogP contribution in [-0.4, -0.2) is 46.6 Å². The molecule has 0 aliphatic heterocycles. The van der Waals surface area contributed by atoms with E-state index in [1.165, 1.54) is 4.31 Å². The van der Waals surface area contributed by atoms with E-state index in [1.54, 1.807) is 32.4 Å². The molecule has 20 heavy (non-hydrogen) atoms. The summed E-state index contributed by atoms with van der Waals surface area (Å²) in [5.74, 6) is 0. The summed E-state index contributed by atoms with van der Waals surface area (Å²) in [7, 11) is -0.208. The molecular weight excluding hydrogens is 276 g/mol. The minimum absolute atomic E-state index is 0.341. The lowest BCUT2D eigenvalue weighted by Gasteiger charge is -2.17. The van der Waals surface area contributed by atoms with Crippen LogP contribution in [-0.2, 0) is 21.3 Å². The molecule has 0 radical (unpaired) electrons. The quantitative estimate of drug-likeness (QED) is 0.701. The van der Waals surface area contributed by atoms with Crippen molar-refractivity contribution in [1.29, 1.82) is 0 Å². The molecule has 0 amide bonds. The first kappa shape index (κ1) is 17.1. The van der Waals surface area contributed by atoms with Crippen molar-refractivity contribution in [2.75, 3.05) is 33.9 Å². The molecule has 0 aliphatic carbocycles. The van der Waals surface area contributed by atoms with E-state index in [1.807, 2.05) is 13.0 Å². The summed E-state index contributed by atoms with van der Waals surface area (Å²) < 4.78 is 31.2. The van der Waals surface area contributed by atoms with Gasteiger partial charge in [-0.05, 0) is 30.7 Å². The van der Waals surface area contributed by atoms with Crippen LogP contribution >= 0.6 is 0 Å². The Hall–Kier alpha value is -0.950. The standard InChI is InChI=1S/C14H24N2O3S/c1-4-15-12-13-7-5-8-14(11-13)20(17,18)16(2)9-6-10-19-3/h5,7-8,11,15H,4,6,9-10,12H2,1-3H3. The van der Waals surface area contributed by atoms with Gasteiger partial charge < -0.3 is 10.1 Å². The number of methoxy groups -OCH3 is 1. The maximum absolute atomic E-state index is 12.4. The molecule has 0 unspecified atom stereocenters. The molecule has 0 saturated heterocycles. The summed E-state index contributed by atoms with van der Waals surface area (Å²) in [6.07, 6.45) is 0.684. The second-order valence-electron chi connectivity index (χ2n) is 4.60. The average molecular weight is 300 g/mol. The van der Waals surface area contributed by atoms with Gasteiger partial charge in [-0.25, -0.2) is 12.7 Å². The van der Waals surface area contributed by atoms with Crippen LogP contribution in [0, 0.1) is 0 Å². The molecule has 1 aromatic carbocycles. The average Bonchev–Trinajstić information content (AvgIpc) is 2.45. The minimum atomic E-state index is -3.42. The van der Waals surface area contributed by atoms with Crippen molar-refractivity contribution in [1.82, 2.24) is 9.62 Å². The fourth-order valence-electron chi connectivity index (χ4n) is 1.82. The maximum atomic E-state index is 12.4. The summed E-state index contributed by atoms with van der Waals surface area (Å²) in [5.41, 5.74) is 0.971. The van der Waals surface area contributed by atoms with E-state index in [0.29, 0.717) is 31.0 Å². The van der Waals surface area contributed by atoms with Crippen LogP contribution in [0.25, 0.3) is 0 Å². The highest BCUT2D eigenvalue weighted by molar-refractivity contribution is 7.89. The topological polar surface area (TPSA) is 58.6 Å². The lowest BCUT2D eigenvalue weighted by molar-refractivity contribution is 0.189. The van der Waals surface area contributed by atoms with Crippen LogP contribution in [0.4, 0.5) is 0 Å². The highest BCUT2D eigenvalue weighted by Gasteiger charge is 2.20. The number of nitrogens with zero attached hydrogens (tertiary/aromatic N) is 1. The molecule has 0 aliphatic rings. The Morgan fingerprint density at radius 2 is 2.10 bits per heavy atom. The van der Waals surface area contributed by atoms with E-state index in [9.17, 15) is 8.42 Å². The number of rotatable bonds is 9. The van der Waals surface area contributed by atoms with Crippen molar-refractivity contribution < 1.29 is 13.2 Å². The van der Waals surface area contributed by atoms with Gasteiger partial charge in [0.25, 0.3) is 0 Å². The summed E-state index contributed by atoms with van der Waals surface area (Å²) in [4.78, 5) is 0.341. The molecule has 114 valence electrons. The molecule has 6 heteroatoms. The normalized spacial score (nSPS) is 12.0.